The van der Waals surface area contributed by atoms with Crippen molar-refractivity contribution >= 4 is 23.4 Å². The van der Waals surface area contributed by atoms with Crippen molar-refractivity contribution in [3.63, 3.8) is 0 Å². The third kappa shape index (κ3) is 4.90. The second kappa shape index (κ2) is 8.73. The molecule has 0 radical (unpaired) electrons. The van der Waals surface area contributed by atoms with E-state index in [4.69, 9.17) is 4.74 Å². The van der Waals surface area contributed by atoms with Gasteiger partial charge < -0.3 is 15.0 Å². The van der Waals surface area contributed by atoms with E-state index in [9.17, 15) is 22.8 Å². The number of amides is 1. The molecule has 1 aromatic heterocycles. The quantitative estimate of drug-likeness (QED) is 0.755. The van der Waals surface area contributed by atoms with Crippen LogP contribution in [0.1, 0.15) is 34.3 Å². The van der Waals surface area contributed by atoms with Gasteiger partial charge in [-0.25, -0.2) is 9.78 Å². The highest BCUT2D eigenvalue weighted by Gasteiger charge is 2.31. The molecule has 1 amide bonds. The summed E-state index contributed by atoms with van der Waals surface area (Å²) in [5.41, 5.74) is 0.934. The van der Waals surface area contributed by atoms with E-state index in [1.54, 1.807) is 18.2 Å². The number of esters is 1. The average molecular weight is 421 g/mol. The second-order valence-corrected chi connectivity index (χ2v) is 7.17. The summed E-state index contributed by atoms with van der Waals surface area (Å²) in [7, 11) is 1.29. The van der Waals surface area contributed by atoms with Gasteiger partial charge in [-0.2, -0.15) is 13.2 Å². The third-order valence-corrected chi connectivity index (χ3v) is 5.18. The van der Waals surface area contributed by atoms with Gasteiger partial charge in [0.2, 0.25) is 5.91 Å². The van der Waals surface area contributed by atoms with Crippen molar-refractivity contribution in [3.8, 4) is 0 Å². The summed E-state index contributed by atoms with van der Waals surface area (Å²) in [5, 5.41) is 2.87. The number of piperidine rings is 1. The summed E-state index contributed by atoms with van der Waals surface area (Å²) in [6.45, 7) is 2.85. The SMILES string of the molecule is COC(=O)c1ccc(C)c(NC(=O)C2CCN(c3ccc(C(F)(F)F)cn3)CC2)c1. The van der Waals surface area contributed by atoms with Gasteiger partial charge in [0.15, 0.2) is 0 Å². The van der Waals surface area contributed by atoms with Crippen LogP contribution in [-0.2, 0) is 15.7 Å². The highest BCUT2D eigenvalue weighted by Crippen LogP contribution is 2.30. The lowest BCUT2D eigenvalue weighted by Crippen LogP contribution is -2.38. The first kappa shape index (κ1) is 21.6. The first-order chi connectivity index (χ1) is 14.2. The molecule has 0 spiro atoms. The van der Waals surface area contributed by atoms with E-state index in [2.05, 4.69) is 10.3 Å². The van der Waals surface area contributed by atoms with E-state index in [-0.39, 0.29) is 11.8 Å². The minimum Gasteiger partial charge on any atom is -0.465 e. The Kier molecular flexibility index (Phi) is 6.28. The number of nitrogens with zero attached hydrogens (tertiary/aromatic N) is 2. The Labute approximate surface area is 172 Å². The Morgan fingerprint density at radius 2 is 1.87 bits per heavy atom. The molecule has 0 bridgehead atoms. The molecular weight excluding hydrogens is 399 g/mol. The summed E-state index contributed by atoms with van der Waals surface area (Å²) in [4.78, 5) is 30.2. The van der Waals surface area contributed by atoms with Gasteiger partial charge in [-0.1, -0.05) is 6.07 Å². The first-order valence-electron chi connectivity index (χ1n) is 9.47. The molecule has 1 N–H and O–H groups in total. The first-order valence-corrected chi connectivity index (χ1v) is 9.47. The zero-order chi connectivity index (χ0) is 21.9. The Bertz CT molecular complexity index is 921. The Hall–Kier alpha value is -3.10. The van der Waals surface area contributed by atoms with Crippen LogP contribution in [-0.4, -0.2) is 37.1 Å². The predicted molar refractivity (Wildman–Crippen MR) is 105 cm³/mol. The molecular formula is C21H22F3N3O3. The number of benzene rings is 1. The molecule has 9 heteroatoms. The van der Waals surface area contributed by atoms with Crippen LogP contribution in [0.3, 0.4) is 0 Å². The fourth-order valence-corrected chi connectivity index (χ4v) is 3.35. The number of alkyl halides is 3. The van der Waals surface area contributed by atoms with E-state index in [0.29, 0.717) is 43.0 Å². The second-order valence-electron chi connectivity index (χ2n) is 7.17. The van der Waals surface area contributed by atoms with Gasteiger partial charge in [0.25, 0.3) is 0 Å². The van der Waals surface area contributed by atoms with E-state index in [1.807, 2.05) is 11.8 Å². The van der Waals surface area contributed by atoms with Crippen molar-refractivity contribution in [1.82, 2.24) is 4.98 Å². The standard InChI is InChI=1S/C21H22F3N3O3/c1-13-3-4-15(20(29)30-2)11-17(13)26-19(28)14-7-9-27(10-8-14)18-6-5-16(12-25-18)21(22,23)24/h3-6,11-12,14H,7-10H2,1-2H3,(H,26,28). The van der Waals surface area contributed by atoms with Crippen molar-refractivity contribution in [2.75, 3.05) is 30.4 Å². The number of carbonyl (C=O) groups is 2. The van der Waals surface area contributed by atoms with Gasteiger partial charge in [0.1, 0.15) is 5.82 Å². The Morgan fingerprint density at radius 3 is 2.43 bits per heavy atom. The topological polar surface area (TPSA) is 71.5 Å². The zero-order valence-corrected chi connectivity index (χ0v) is 16.6. The number of aromatic nitrogens is 1. The molecule has 0 saturated carbocycles. The maximum atomic E-state index is 12.7. The average Bonchev–Trinajstić information content (AvgIpc) is 2.74. The minimum absolute atomic E-state index is 0.153. The lowest BCUT2D eigenvalue weighted by atomic mass is 9.95. The lowest BCUT2D eigenvalue weighted by Gasteiger charge is -2.32. The number of halogens is 3. The number of carbonyl (C=O) groups excluding carboxylic acids is 2. The largest absolute Gasteiger partial charge is 0.465 e. The normalized spacial score (nSPS) is 15.0. The molecule has 0 atom stereocenters. The van der Waals surface area contributed by atoms with E-state index >= 15 is 0 Å². The maximum Gasteiger partial charge on any atom is 0.417 e. The van der Waals surface area contributed by atoms with Crippen LogP contribution in [0.25, 0.3) is 0 Å². The minimum atomic E-state index is -4.42. The van der Waals surface area contributed by atoms with Crippen molar-refractivity contribution < 1.29 is 27.5 Å². The zero-order valence-electron chi connectivity index (χ0n) is 16.6. The van der Waals surface area contributed by atoms with Crippen LogP contribution in [0, 0.1) is 12.8 Å². The number of methoxy groups -OCH3 is 1. The van der Waals surface area contributed by atoms with Crippen LogP contribution in [0.15, 0.2) is 36.5 Å². The number of ether oxygens (including phenoxy) is 1. The number of hydrogen-bond donors (Lipinski definition) is 1. The van der Waals surface area contributed by atoms with Crippen molar-refractivity contribution in [2.24, 2.45) is 5.92 Å². The fraction of sp³-hybridized carbons (Fsp3) is 0.381. The number of hydrogen-bond acceptors (Lipinski definition) is 5. The molecule has 1 saturated heterocycles. The molecule has 0 unspecified atom stereocenters. The number of aryl methyl sites for hydroxylation is 1. The van der Waals surface area contributed by atoms with Crippen molar-refractivity contribution in [2.45, 2.75) is 25.9 Å². The van der Waals surface area contributed by atoms with Gasteiger partial charge in [-0.15, -0.1) is 0 Å². The molecule has 30 heavy (non-hydrogen) atoms. The highest BCUT2D eigenvalue weighted by atomic mass is 19.4. The molecule has 6 nitrogen and oxygen atoms in total. The Morgan fingerprint density at radius 1 is 1.17 bits per heavy atom. The van der Waals surface area contributed by atoms with Gasteiger partial charge in [0, 0.05) is 30.9 Å². The van der Waals surface area contributed by atoms with Gasteiger partial charge in [0.05, 0.1) is 18.2 Å². The fourth-order valence-electron chi connectivity index (χ4n) is 3.35. The van der Waals surface area contributed by atoms with E-state index < -0.39 is 17.7 Å². The molecule has 160 valence electrons. The van der Waals surface area contributed by atoms with E-state index in [1.165, 1.54) is 13.2 Å². The molecule has 1 fully saturated rings. The molecule has 0 aliphatic carbocycles. The molecule has 1 aliphatic heterocycles. The summed E-state index contributed by atoms with van der Waals surface area (Å²) in [6.07, 6.45) is -2.50. The number of pyridine rings is 1. The molecule has 1 aliphatic rings. The monoisotopic (exact) mass is 421 g/mol. The summed E-state index contributed by atoms with van der Waals surface area (Å²) in [5.74, 6) is -0.414. The van der Waals surface area contributed by atoms with Crippen LogP contribution in [0.4, 0.5) is 24.7 Å². The molecule has 1 aromatic carbocycles. The molecule has 2 aromatic rings. The van der Waals surface area contributed by atoms with Gasteiger partial charge >= 0.3 is 12.1 Å². The number of anilines is 2. The van der Waals surface area contributed by atoms with Gasteiger partial charge in [-0.3, -0.25) is 4.79 Å². The van der Waals surface area contributed by atoms with Crippen LogP contribution < -0.4 is 10.2 Å². The smallest absolute Gasteiger partial charge is 0.417 e. The predicted octanol–water partition coefficient (Wildman–Crippen LogP) is 4.05. The van der Waals surface area contributed by atoms with Crippen molar-refractivity contribution in [3.05, 3.63) is 53.2 Å². The maximum absolute atomic E-state index is 12.7. The summed E-state index contributed by atoms with van der Waals surface area (Å²) in [6, 6.07) is 7.32. The Balaban J connectivity index is 1.60. The summed E-state index contributed by atoms with van der Waals surface area (Å²) < 4.78 is 42.7. The van der Waals surface area contributed by atoms with Crippen molar-refractivity contribution in [1.29, 1.82) is 0 Å². The lowest BCUT2D eigenvalue weighted by molar-refractivity contribution is -0.137. The molecule has 2 heterocycles. The van der Waals surface area contributed by atoms with Crippen LogP contribution in [0.2, 0.25) is 0 Å². The third-order valence-electron chi connectivity index (χ3n) is 5.18. The number of nitrogens with one attached hydrogen (secondary N) is 1. The molecule has 3 rings (SSSR count). The van der Waals surface area contributed by atoms with E-state index in [0.717, 1.165) is 17.8 Å². The summed E-state index contributed by atoms with van der Waals surface area (Å²) >= 11 is 0. The van der Waals surface area contributed by atoms with Crippen LogP contribution in [0.5, 0.6) is 0 Å². The highest BCUT2D eigenvalue weighted by molar-refractivity contribution is 5.96. The van der Waals surface area contributed by atoms with Crippen LogP contribution >= 0.6 is 0 Å². The van der Waals surface area contributed by atoms with Gasteiger partial charge in [-0.05, 0) is 49.6 Å². The number of rotatable bonds is 4.